The molecule has 3 heterocycles. The summed E-state index contributed by atoms with van der Waals surface area (Å²) in [5, 5.41) is 8.15. The summed E-state index contributed by atoms with van der Waals surface area (Å²) in [6.45, 7) is 1.31. The molecule has 36 heavy (non-hydrogen) atoms. The monoisotopic (exact) mass is 522 g/mol. The first kappa shape index (κ1) is 25.1. The maximum Gasteiger partial charge on any atom is 0.421 e. The van der Waals surface area contributed by atoms with Gasteiger partial charge >= 0.3 is 6.18 Å². The van der Waals surface area contributed by atoms with E-state index in [0.717, 1.165) is 16.1 Å². The zero-order valence-corrected chi connectivity index (χ0v) is 20.1. The van der Waals surface area contributed by atoms with Gasteiger partial charge in [-0.25, -0.2) is 23.4 Å². The zero-order chi connectivity index (χ0) is 26.3. The number of alkyl halides is 3. The van der Waals surface area contributed by atoms with Gasteiger partial charge in [0.15, 0.2) is 5.82 Å². The second-order valence-corrected chi connectivity index (χ2v) is 10.0. The Kier molecular flexibility index (Phi) is 6.43. The Morgan fingerprint density at radius 1 is 1.17 bits per heavy atom. The lowest BCUT2D eigenvalue weighted by Crippen LogP contribution is -2.28. The largest absolute Gasteiger partial charge is 0.421 e. The van der Waals surface area contributed by atoms with E-state index in [4.69, 9.17) is 0 Å². The fourth-order valence-electron chi connectivity index (χ4n) is 3.44. The first-order valence-electron chi connectivity index (χ1n) is 10.5. The summed E-state index contributed by atoms with van der Waals surface area (Å²) in [5.41, 5.74) is 1.02. The number of carbonyl (C=O) groups is 1. The Hall–Kier alpha value is -4.01. The first-order valence-corrected chi connectivity index (χ1v) is 12.3. The summed E-state index contributed by atoms with van der Waals surface area (Å²) in [6, 6.07) is 4.98. The second-order valence-electron chi connectivity index (χ2n) is 8.03. The van der Waals surface area contributed by atoms with Crippen molar-refractivity contribution in [2.45, 2.75) is 26.1 Å². The van der Waals surface area contributed by atoms with Crippen LogP contribution in [-0.4, -0.2) is 47.6 Å². The summed E-state index contributed by atoms with van der Waals surface area (Å²) in [4.78, 5) is 27.5. The van der Waals surface area contributed by atoms with Gasteiger partial charge in [0.05, 0.1) is 12.7 Å². The van der Waals surface area contributed by atoms with Gasteiger partial charge in [-0.3, -0.25) is 9.10 Å². The summed E-state index contributed by atoms with van der Waals surface area (Å²) < 4.78 is 65.9. The van der Waals surface area contributed by atoms with E-state index in [1.165, 1.54) is 13.2 Å². The number of carbonyl (C=O) groups excluding carboxylic acids is 1. The minimum atomic E-state index is -4.75. The molecule has 0 saturated carbocycles. The van der Waals surface area contributed by atoms with Crippen LogP contribution in [0.2, 0.25) is 0 Å². The number of nitrogens with one attached hydrogen (secondary N) is 3. The number of benzene rings is 1. The molecule has 2 aromatic heterocycles. The van der Waals surface area contributed by atoms with Gasteiger partial charge in [0.25, 0.3) is 0 Å². The highest BCUT2D eigenvalue weighted by Gasteiger charge is 2.35. The molecule has 1 aliphatic heterocycles. The van der Waals surface area contributed by atoms with Crippen molar-refractivity contribution >= 4 is 44.9 Å². The second kappa shape index (κ2) is 9.22. The van der Waals surface area contributed by atoms with E-state index in [9.17, 15) is 26.4 Å². The third kappa shape index (κ3) is 5.45. The van der Waals surface area contributed by atoms with Crippen LogP contribution in [0.1, 0.15) is 22.5 Å². The molecule has 4 rings (SSSR count). The van der Waals surface area contributed by atoms with Crippen molar-refractivity contribution in [1.82, 2.24) is 19.9 Å². The molecule has 1 amide bonds. The summed E-state index contributed by atoms with van der Waals surface area (Å²) in [5.74, 6) is -0.469. The van der Waals surface area contributed by atoms with Crippen LogP contribution in [-0.2, 0) is 34.0 Å². The van der Waals surface area contributed by atoms with Crippen LogP contribution in [0.3, 0.4) is 0 Å². The Morgan fingerprint density at radius 3 is 2.61 bits per heavy atom. The molecule has 0 radical (unpaired) electrons. The highest BCUT2D eigenvalue weighted by Crippen LogP contribution is 2.35. The number of fused-ring (bicyclic) bond motifs is 1. The van der Waals surface area contributed by atoms with Gasteiger partial charge in [-0.15, -0.1) is 0 Å². The van der Waals surface area contributed by atoms with E-state index in [1.807, 2.05) is 0 Å². The molecule has 3 aromatic rings. The molecule has 0 atom stereocenters. The van der Waals surface area contributed by atoms with Crippen molar-refractivity contribution in [3.8, 4) is 0 Å². The molecule has 1 aliphatic rings. The van der Waals surface area contributed by atoms with Gasteiger partial charge in [-0.05, 0) is 30.7 Å². The molecule has 11 nitrogen and oxygen atoms in total. The number of sulfonamides is 1. The molecular formula is C21H21F3N8O3S. The molecule has 15 heteroatoms. The maximum absolute atomic E-state index is 13.6. The standard InChI is InChI=1S/C21H21F3N8O3S/c1-11-25-8-13(19(28-11)32(2)36(3,34)35)9-26-18-15(21(22,23)24)10-27-20(31-18)29-14-4-5-16-12(6-14)7-17(33)30-16/h4-6,8,10H,7,9H2,1-3H3,(H,30,33)(H2,26,27,29,31). The molecule has 3 N–H and O–H groups in total. The minimum Gasteiger partial charge on any atom is -0.365 e. The third-order valence-electron chi connectivity index (χ3n) is 5.28. The van der Waals surface area contributed by atoms with Crippen LogP contribution in [0.5, 0.6) is 0 Å². The average Bonchev–Trinajstić information content (AvgIpc) is 3.15. The van der Waals surface area contributed by atoms with E-state index in [2.05, 4.69) is 35.9 Å². The van der Waals surface area contributed by atoms with Gasteiger partial charge in [0.2, 0.25) is 21.9 Å². The molecular weight excluding hydrogens is 501 g/mol. The molecule has 0 saturated heterocycles. The van der Waals surface area contributed by atoms with Crippen molar-refractivity contribution < 1.29 is 26.4 Å². The molecule has 0 bridgehead atoms. The number of amides is 1. The van der Waals surface area contributed by atoms with Crippen LogP contribution in [0, 0.1) is 6.92 Å². The van der Waals surface area contributed by atoms with Gasteiger partial charge in [0.1, 0.15) is 17.2 Å². The fraction of sp³-hybridized carbons (Fsp3) is 0.286. The van der Waals surface area contributed by atoms with E-state index in [0.29, 0.717) is 23.4 Å². The van der Waals surface area contributed by atoms with Crippen LogP contribution in [0.25, 0.3) is 0 Å². The van der Waals surface area contributed by atoms with Crippen LogP contribution >= 0.6 is 0 Å². The molecule has 0 spiro atoms. The lowest BCUT2D eigenvalue weighted by molar-refractivity contribution is -0.137. The number of aryl methyl sites for hydroxylation is 1. The molecule has 1 aromatic carbocycles. The van der Waals surface area contributed by atoms with Crippen molar-refractivity contribution in [3.05, 3.63) is 53.1 Å². The Balaban J connectivity index is 1.63. The third-order valence-corrected chi connectivity index (χ3v) is 6.45. The van der Waals surface area contributed by atoms with Gasteiger partial charge < -0.3 is 16.0 Å². The molecule has 0 unspecified atom stereocenters. The Labute approximate surface area is 204 Å². The summed E-state index contributed by atoms with van der Waals surface area (Å²) in [6.07, 6.45) is -1.60. The quantitative estimate of drug-likeness (QED) is 0.427. The number of halogens is 3. The Morgan fingerprint density at radius 2 is 1.92 bits per heavy atom. The van der Waals surface area contributed by atoms with Gasteiger partial charge in [-0.2, -0.15) is 18.2 Å². The lowest BCUT2D eigenvalue weighted by atomic mass is 10.1. The predicted molar refractivity (Wildman–Crippen MR) is 126 cm³/mol. The number of anilines is 5. The smallest absolute Gasteiger partial charge is 0.365 e. The number of nitrogens with zero attached hydrogens (tertiary/aromatic N) is 5. The van der Waals surface area contributed by atoms with Crippen molar-refractivity contribution in [2.24, 2.45) is 0 Å². The topological polar surface area (TPSA) is 142 Å². The zero-order valence-electron chi connectivity index (χ0n) is 19.3. The van der Waals surface area contributed by atoms with Gasteiger partial charge in [-0.1, -0.05) is 0 Å². The van der Waals surface area contributed by atoms with E-state index < -0.39 is 27.6 Å². The van der Waals surface area contributed by atoms with Crippen molar-refractivity contribution in [2.75, 3.05) is 33.6 Å². The summed E-state index contributed by atoms with van der Waals surface area (Å²) in [7, 11) is -2.40. The van der Waals surface area contributed by atoms with Crippen LogP contribution in [0.4, 0.5) is 42.1 Å². The molecule has 0 aliphatic carbocycles. The summed E-state index contributed by atoms with van der Waals surface area (Å²) >= 11 is 0. The molecule has 190 valence electrons. The van der Waals surface area contributed by atoms with Crippen molar-refractivity contribution in [1.29, 1.82) is 0 Å². The number of hydrogen-bond acceptors (Lipinski definition) is 9. The first-order chi connectivity index (χ1) is 16.8. The highest BCUT2D eigenvalue weighted by molar-refractivity contribution is 7.92. The van der Waals surface area contributed by atoms with Gasteiger partial charge in [0, 0.05) is 42.9 Å². The normalized spacial score (nSPS) is 13.2. The molecule has 0 fully saturated rings. The SMILES string of the molecule is Cc1ncc(CNc2nc(Nc3ccc4c(c3)CC(=O)N4)ncc2C(F)(F)F)c(N(C)S(C)(=O)=O)n1. The Bertz CT molecular complexity index is 1450. The highest BCUT2D eigenvalue weighted by atomic mass is 32.2. The number of aromatic nitrogens is 4. The average molecular weight is 523 g/mol. The van der Waals surface area contributed by atoms with Crippen LogP contribution in [0.15, 0.2) is 30.6 Å². The van der Waals surface area contributed by atoms with E-state index >= 15 is 0 Å². The number of hydrogen-bond donors (Lipinski definition) is 3. The lowest BCUT2D eigenvalue weighted by Gasteiger charge is -2.20. The fourth-order valence-corrected chi connectivity index (χ4v) is 3.91. The van der Waals surface area contributed by atoms with E-state index in [-0.39, 0.29) is 36.2 Å². The maximum atomic E-state index is 13.6. The minimum absolute atomic E-state index is 0.0276. The predicted octanol–water partition coefficient (Wildman–Crippen LogP) is 2.84. The van der Waals surface area contributed by atoms with Crippen LogP contribution < -0.4 is 20.3 Å². The van der Waals surface area contributed by atoms with Crippen molar-refractivity contribution in [3.63, 3.8) is 0 Å². The van der Waals surface area contributed by atoms with E-state index in [1.54, 1.807) is 25.1 Å². The number of rotatable bonds is 7.